The monoisotopic (exact) mass is 321 g/mol. The van der Waals surface area contributed by atoms with Gasteiger partial charge in [-0.05, 0) is 0 Å². The first-order valence-corrected chi connectivity index (χ1v) is 5.88. The molecule has 14 heavy (non-hydrogen) atoms. The first-order chi connectivity index (χ1) is 6.54. The summed E-state index contributed by atoms with van der Waals surface area (Å²) >= 11 is 6.81. The van der Waals surface area contributed by atoms with Gasteiger partial charge in [0.05, 0.1) is 9.75 Å². The second kappa shape index (κ2) is 4.89. The topological polar surface area (TPSA) is 43.1 Å². The second-order valence-electron chi connectivity index (χ2n) is 2.90. The lowest BCUT2D eigenvalue weighted by atomic mass is 10.1. The van der Waals surface area contributed by atoms with E-state index in [4.69, 9.17) is 0 Å². The van der Waals surface area contributed by atoms with Crippen molar-refractivity contribution in [2.24, 2.45) is 0 Å². The third-order valence-corrected chi connectivity index (χ3v) is 4.36. The predicted molar refractivity (Wildman–Crippen MR) is 63.2 cm³/mol. The second-order valence-corrected chi connectivity index (χ2v) is 5.33. The van der Waals surface area contributed by atoms with Crippen molar-refractivity contribution in [1.29, 1.82) is 0 Å². The molecule has 0 saturated carbocycles. The molecule has 76 valence electrons. The molecule has 0 amide bonds. The van der Waals surface area contributed by atoms with E-state index in [-0.39, 0.29) is 20.3 Å². The van der Waals surface area contributed by atoms with Gasteiger partial charge < -0.3 is 0 Å². The molecule has 0 bridgehead atoms. The molecule has 0 fully saturated rings. The van der Waals surface area contributed by atoms with Crippen molar-refractivity contribution in [2.75, 3.05) is 0 Å². The maximum absolute atomic E-state index is 10.7. The molecule has 0 heterocycles. The molecule has 0 aliphatic carbocycles. The van der Waals surface area contributed by atoms with Crippen LogP contribution in [-0.2, 0) is 0 Å². The summed E-state index contributed by atoms with van der Waals surface area (Å²) in [5.41, 5.74) is 0.850. The summed E-state index contributed by atoms with van der Waals surface area (Å²) in [6.45, 7) is 1.94. The molecule has 0 unspecified atom stereocenters. The first-order valence-electron chi connectivity index (χ1n) is 4.05. The fourth-order valence-electron chi connectivity index (χ4n) is 1.13. The maximum Gasteiger partial charge on any atom is 0.273 e. The number of nitro benzene ring substituents is 1. The highest BCUT2D eigenvalue weighted by molar-refractivity contribution is 9.12. The van der Waals surface area contributed by atoms with E-state index in [1.54, 1.807) is 18.2 Å². The molecule has 0 radical (unpaired) electrons. The fourth-order valence-corrected chi connectivity index (χ4v) is 1.81. The van der Waals surface area contributed by atoms with E-state index < -0.39 is 0 Å². The van der Waals surface area contributed by atoms with Crippen LogP contribution in [-0.4, -0.2) is 9.75 Å². The molecule has 0 N–H and O–H groups in total. The summed E-state index contributed by atoms with van der Waals surface area (Å²) in [6.07, 6.45) is 0. The standard InChI is InChI=1S/C9H9Br2NO2/c1-6(10)9(11)7-4-2-3-5-8(7)12(13)14/h2-6,9H,1H3/t6-,9+/m0/s1. The Morgan fingerprint density at radius 1 is 1.36 bits per heavy atom. The predicted octanol–water partition coefficient (Wildman–Crippen LogP) is 3.81. The van der Waals surface area contributed by atoms with E-state index in [1.165, 1.54) is 6.07 Å². The lowest BCUT2D eigenvalue weighted by molar-refractivity contribution is -0.385. The summed E-state index contributed by atoms with van der Waals surface area (Å²) in [5.74, 6) is 0. The zero-order valence-corrected chi connectivity index (χ0v) is 10.7. The molecule has 1 aromatic rings. The van der Waals surface area contributed by atoms with Crippen molar-refractivity contribution in [3.8, 4) is 0 Å². The molecule has 1 aromatic carbocycles. The first kappa shape index (κ1) is 11.7. The van der Waals surface area contributed by atoms with Gasteiger partial charge in [-0.2, -0.15) is 0 Å². The Morgan fingerprint density at radius 2 is 1.93 bits per heavy atom. The largest absolute Gasteiger partial charge is 0.273 e. The molecule has 0 spiro atoms. The smallest absolute Gasteiger partial charge is 0.258 e. The number of benzene rings is 1. The van der Waals surface area contributed by atoms with Crippen LogP contribution in [0.2, 0.25) is 0 Å². The number of alkyl halides is 2. The molecule has 0 saturated heterocycles. The summed E-state index contributed by atoms with van der Waals surface area (Å²) < 4.78 is 0. The third kappa shape index (κ3) is 2.54. The Labute approximate surface area is 98.9 Å². The van der Waals surface area contributed by atoms with Gasteiger partial charge in [-0.15, -0.1) is 0 Å². The van der Waals surface area contributed by atoms with Gasteiger partial charge in [-0.3, -0.25) is 10.1 Å². The minimum absolute atomic E-state index is 0.0518. The molecule has 2 atom stereocenters. The summed E-state index contributed by atoms with van der Waals surface area (Å²) in [4.78, 5) is 10.4. The van der Waals surface area contributed by atoms with E-state index in [0.29, 0.717) is 5.56 Å². The average molecular weight is 323 g/mol. The number of hydrogen-bond donors (Lipinski definition) is 0. The van der Waals surface area contributed by atoms with Crippen LogP contribution in [0.4, 0.5) is 5.69 Å². The van der Waals surface area contributed by atoms with Gasteiger partial charge >= 0.3 is 0 Å². The SMILES string of the molecule is C[C@H](Br)[C@@H](Br)c1ccccc1[N+](=O)[O-]. The minimum atomic E-state index is -0.362. The number of rotatable bonds is 3. The highest BCUT2D eigenvalue weighted by Gasteiger charge is 2.22. The van der Waals surface area contributed by atoms with Crippen LogP contribution in [0.1, 0.15) is 17.3 Å². The van der Waals surface area contributed by atoms with E-state index in [0.717, 1.165) is 0 Å². The summed E-state index contributed by atoms with van der Waals surface area (Å²) in [6, 6.07) is 6.74. The maximum atomic E-state index is 10.7. The van der Waals surface area contributed by atoms with Crippen molar-refractivity contribution in [1.82, 2.24) is 0 Å². The number of nitrogens with zero attached hydrogens (tertiary/aromatic N) is 1. The van der Waals surface area contributed by atoms with Gasteiger partial charge in [0, 0.05) is 16.5 Å². The van der Waals surface area contributed by atoms with Crippen molar-refractivity contribution in [3.63, 3.8) is 0 Å². The van der Waals surface area contributed by atoms with Gasteiger partial charge in [-0.1, -0.05) is 57.0 Å². The Balaban J connectivity index is 3.13. The number of halogens is 2. The van der Waals surface area contributed by atoms with Gasteiger partial charge in [0.15, 0.2) is 0 Å². The van der Waals surface area contributed by atoms with Crippen molar-refractivity contribution < 1.29 is 4.92 Å². The quantitative estimate of drug-likeness (QED) is 0.482. The van der Waals surface area contributed by atoms with Crippen molar-refractivity contribution in [3.05, 3.63) is 39.9 Å². The van der Waals surface area contributed by atoms with Crippen LogP contribution < -0.4 is 0 Å². The fraction of sp³-hybridized carbons (Fsp3) is 0.333. The molecule has 1 rings (SSSR count). The number of hydrogen-bond acceptors (Lipinski definition) is 2. The molecule has 0 aliphatic heterocycles. The van der Waals surface area contributed by atoms with Crippen molar-refractivity contribution in [2.45, 2.75) is 16.6 Å². The molecule has 0 aliphatic rings. The molecule has 0 aromatic heterocycles. The lowest BCUT2D eigenvalue weighted by Crippen LogP contribution is -2.04. The van der Waals surface area contributed by atoms with Gasteiger partial charge in [0.25, 0.3) is 5.69 Å². The van der Waals surface area contributed by atoms with Crippen LogP contribution in [0.15, 0.2) is 24.3 Å². The lowest BCUT2D eigenvalue weighted by Gasteiger charge is -2.12. The Bertz CT molecular complexity index is 341. The molecule has 5 heteroatoms. The molecular weight excluding hydrogens is 314 g/mol. The summed E-state index contributed by atoms with van der Waals surface area (Å²) in [5, 5.41) is 10.7. The highest BCUT2D eigenvalue weighted by Crippen LogP contribution is 2.35. The van der Waals surface area contributed by atoms with Gasteiger partial charge in [-0.25, -0.2) is 0 Å². The summed E-state index contributed by atoms with van der Waals surface area (Å²) in [7, 11) is 0. The zero-order chi connectivity index (χ0) is 10.7. The van der Waals surface area contributed by atoms with Crippen LogP contribution >= 0.6 is 31.9 Å². The van der Waals surface area contributed by atoms with Crippen LogP contribution in [0, 0.1) is 10.1 Å². The van der Waals surface area contributed by atoms with Crippen LogP contribution in [0.25, 0.3) is 0 Å². The van der Waals surface area contributed by atoms with E-state index in [9.17, 15) is 10.1 Å². The van der Waals surface area contributed by atoms with E-state index in [2.05, 4.69) is 31.9 Å². The van der Waals surface area contributed by atoms with Gasteiger partial charge in [0.2, 0.25) is 0 Å². The Morgan fingerprint density at radius 3 is 2.43 bits per heavy atom. The Kier molecular flexibility index (Phi) is 4.07. The third-order valence-electron chi connectivity index (χ3n) is 1.83. The Hall–Kier alpha value is -0.420. The van der Waals surface area contributed by atoms with Gasteiger partial charge in [0.1, 0.15) is 0 Å². The normalized spacial score (nSPS) is 14.8. The van der Waals surface area contributed by atoms with Crippen LogP contribution in [0.3, 0.4) is 0 Å². The number of para-hydroxylation sites is 1. The molecule has 3 nitrogen and oxygen atoms in total. The number of nitro groups is 1. The average Bonchev–Trinajstić information content (AvgIpc) is 2.16. The molecular formula is C9H9Br2NO2. The zero-order valence-electron chi connectivity index (χ0n) is 7.48. The van der Waals surface area contributed by atoms with E-state index in [1.807, 2.05) is 6.92 Å². The minimum Gasteiger partial charge on any atom is -0.258 e. The van der Waals surface area contributed by atoms with E-state index >= 15 is 0 Å². The highest BCUT2D eigenvalue weighted by atomic mass is 79.9. The van der Waals surface area contributed by atoms with Crippen LogP contribution in [0.5, 0.6) is 0 Å². The van der Waals surface area contributed by atoms with Crippen molar-refractivity contribution >= 4 is 37.5 Å².